The summed E-state index contributed by atoms with van der Waals surface area (Å²) in [6.45, 7) is 4.54. The molecule has 1 saturated heterocycles. The highest BCUT2D eigenvalue weighted by Gasteiger charge is 2.38. The summed E-state index contributed by atoms with van der Waals surface area (Å²) in [4.78, 5) is 31.5. The number of amides is 1. The molecule has 226 valence electrons. The maximum absolute atomic E-state index is 13.5. The SMILES string of the molecule is C[C@@H]1CN(Cc2nc3cc(F)ccc3s2)CCN1C(=O)COC1CCC(Nc2ccc([N+](=O)[O-])c(C(F)(F)F)c2)CC1. The number of fused-ring (bicyclic) bond motifs is 1. The summed E-state index contributed by atoms with van der Waals surface area (Å²) in [5.41, 5.74) is -1.42. The molecule has 14 heteroatoms. The topological polar surface area (TPSA) is 101 Å². The van der Waals surface area contributed by atoms with Gasteiger partial charge in [0.05, 0.1) is 27.8 Å². The smallest absolute Gasteiger partial charge is 0.382 e. The van der Waals surface area contributed by atoms with E-state index < -0.39 is 22.4 Å². The molecule has 1 aliphatic heterocycles. The van der Waals surface area contributed by atoms with Crippen molar-refractivity contribution >= 4 is 38.8 Å². The highest BCUT2D eigenvalue weighted by molar-refractivity contribution is 7.18. The van der Waals surface area contributed by atoms with Gasteiger partial charge in [0.25, 0.3) is 5.69 Å². The van der Waals surface area contributed by atoms with Gasteiger partial charge in [-0.15, -0.1) is 11.3 Å². The number of nitrogens with zero attached hydrogens (tertiary/aromatic N) is 4. The van der Waals surface area contributed by atoms with Crippen LogP contribution in [-0.4, -0.2) is 70.0 Å². The third-order valence-electron chi connectivity index (χ3n) is 7.77. The van der Waals surface area contributed by atoms with Crippen molar-refractivity contribution < 1.29 is 32.0 Å². The fourth-order valence-electron chi connectivity index (χ4n) is 5.65. The van der Waals surface area contributed by atoms with Gasteiger partial charge in [-0.25, -0.2) is 9.37 Å². The summed E-state index contributed by atoms with van der Waals surface area (Å²) < 4.78 is 60.2. The molecular formula is C28H31F4N5O4S. The standard InChI is InChI=1S/C28H31F4N5O4S/c1-17-14-35(15-26-34-23-12-18(29)2-9-25(23)42-26)10-11-36(17)27(38)16-41-21-6-3-19(4-7-21)33-20-5-8-24(37(39)40)22(13-20)28(30,31)32/h2,5,8-9,12-13,17,19,21,33H,3-4,6-7,10-11,14-16H2,1H3/t17-,19?,21?/m1/s1. The number of nitrogens with one attached hydrogen (secondary N) is 1. The summed E-state index contributed by atoms with van der Waals surface area (Å²) in [5, 5.41) is 14.9. The van der Waals surface area contributed by atoms with Crippen LogP contribution in [0, 0.1) is 15.9 Å². The Hall–Kier alpha value is -3.36. The van der Waals surface area contributed by atoms with E-state index in [4.69, 9.17) is 4.74 Å². The highest BCUT2D eigenvalue weighted by Crippen LogP contribution is 2.38. The van der Waals surface area contributed by atoms with Crippen LogP contribution in [-0.2, 0) is 22.3 Å². The second-order valence-corrected chi connectivity index (χ2v) is 11.9. The minimum Gasteiger partial charge on any atom is -0.382 e. The van der Waals surface area contributed by atoms with Crippen LogP contribution < -0.4 is 5.32 Å². The number of carbonyl (C=O) groups excluding carboxylic acids is 1. The average Bonchev–Trinajstić information content (AvgIpc) is 3.33. The van der Waals surface area contributed by atoms with Gasteiger partial charge in [0.1, 0.15) is 23.0 Å². The normalized spacial score (nSPS) is 21.9. The van der Waals surface area contributed by atoms with E-state index in [0.717, 1.165) is 21.8 Å². The van der Waals surface area contributed by atoms with Crippen LogP contribution in [0.4, 0.5) is 28.9 Å². The Labute approximate surface area is 243 Å². The Morgan fingerprint density at radius 3 is 2.62 bits per heavy atom. The molecule has 42 heavy (non-hydrogen) atoms. The number of anilines is 1. The second-order valence-electron chi connectivity index (χ2n) is 10.8. The molecule has 2 fully saturated rings. The van der Waals surface area contributed by atoms with Gasteiger partial charge >= 0.3 is 6.18 Å². The van der Waals surface area contributed by atoms with Crippen molar-refractivity contribution in [1.82, 2.24) is 14.8 Å². The number of thiazole rings is 1. The fraction of sp³-hybridized carbons (Fsp3) is 0.500. The summed E-state index contributed by atoms with van der Waals surface area (Å²) >= 11 is 1.54. The zero-order valence-corrected chi connectivity index (χ0v) is 23.7. The molecule has 1 saturated carbocycles. The zero-order valence-electron chi connectivity index (χ0n) is 22.9. The van der Waals surface area contributed by atoms with E-state index in [-0.39, 0.29) is 42.2 Å². The number of benzene rings is 2. The maximum Gasteiger partial charge on any atom is 0.423 e. The lowest BCUT2D eigenvalue weighted by Crippen LogP contribution is -2.54. The monoisotopic (exact) mass is 609 g/mol. The molecule has 1 N–H and O–H groups in total. The third kappa shape index (κ3) is 7.16. The van der Waals surface area contributed by atoms with Crippen molar-refractivity contribution in [3.63, 3.8) is 0 Å². The van der Waals surface area contributed by atoms with Crippen LogP contribution in [0.2, 0.25) is 0 Å². The fourth-order valence-corrected chi connectivity index (χ4v) is 6.64. The van der Waals surface area contributed by atoms with Gasteiger partial charge in [0.15, 0.2) is 0 Å². The van der Waals surface area contributed by atoms with Gasteiger partial charge in [-0.05, 0) is 56.9 Å². The van der Waals surface area contributed by atoms with E-state index in [1.807, 2.05) is 11.8 Å². The van der Waals surface area contributed by atoms with Gasteiger partial charge in [-0.3, -0.25) is 19.8 Å². The van der Waals surface area contributed by atoms with E-state index >= 15 is 0 Å². The lowest BCUT2D eigenvalue weighted by atomic mass is 9.92. The number of piperazine rings is 1. The van der Waals surface area contributed by atoms with Crippen molar-refractivity contribution in [2.24, 2.45) is 0 Å². The molecule has 0 bridgehead atoms. The Morgan fingerprint density at radius 2 is 1.93 bits per heavy atom. The third-order valence-corrected chi connectivity index (χ3v) is 8.79. The number of hydrogen-bond acceptors (Lipinski definition) is 8. The van der Waals surface area contributed by atoms with Gasteiger partial charge in [0, 0.05) is 49.5 Å². The quantitative estimate of drug-likeness (QED) is 0.195. The highest BCUT2D eigenvalue weighted by atomic mass is 32.1. The molecule has 0 spiro atoms. The predicted octanol–water partition coefficient (Wildman–Crippen LogP) is 5.84. The van der Waals surface area contributed by atoms with Crippen molar-refractivity contribution in [3.8, 4) is 0 Å². The molecule has 9 nitrogen and oxygen atoms in total. The van der Waals surface area contributed by atoms with Crippen LogP contribution in [0.5, 0.6) is 0 Å². The van der Waals surface area contributed by atoms with Crippen LogP contribution in [0.15, 0.2) is 36.4 Å². The van der Waals surface area contributed by atoms with Crippen molar-refractivity contribution in [1.29, 1.82) is 0 Å². The second kappa shape index (κ2) is 12.5. The van der Waals surface area contributed by atoms with Gasteiger partial charge in [-0.2, -0.15) is 13.2 Å². The molecular weight excluding hydrogens is 578 g/mol. The molecule has 0 unspecified atom stereocenters. The summed E-state index contributed by atoms with van der Waals surface area (Å²) in [7, 11) is 0. The number of rotatable bonds is 8. The lowest BCUT2D eigenvalue weighted by molar-refractivity contribution is -0.388. The van der Waals surface area contributed by atoms with Crippen LogP contribution >= 0.6 is 11.3 Å². The first kappa shape index (κ1) is 30.1. The van der Waals surface area contributed by atoms with Crippen molar-refractivity contribution in [3.05, 3.63) is 62.9 Å². The zero-order chi connectivity index (χ0) is 30.0. The lowest BCUT2D eigenvalue weighted by Gasteiger charge is -2.40. The van der Waals surface area contributed by atoms with Crippen molar-refractivity contribution in [2.75, 3.05) is 31.6 Å². The first-order valence-electron chi connectivity index (χ1n) is 13.8. The number of halogens is 4. The number of ether oxygens (including phenoxy) is 1. The predicted molar refractivity (Wildman–Crippen MR) is 150 cm³/mol. The van der Waals surface area contributed by atoms with Gasteiger partial charge in [0.2, 0.25) is 5.91 Å². The number of alkyl halides is 3. The molecule has 3 aromatic rings. The number of aromatic nitrogens is 1. The van der Waals surface area contributed by atoms with E-state index in [0.29, 0.717) is 57.4 Å². The first-order chi connectivity index (χ1) is 20.0. The van der Waals surface area contributed by atoms with E-state index in [9.17, 15) is 32.5 Å². The number of carbonyl (C=O) groups is 1. The summed E-state index contributed by atoms with van der Waals surface area (Å²) in [5.74, 6) is -0.388. The number of nitro groups is 1. The Bertz CT molecular complexity index is 1440. The Morgan fingerprint density at radius 1 is 1.17 bits per heavy atom. The maximum atomic E-state index is 13.5. The molecule has 1 atom stereocenters. The molecule has 2 heterocycles. The van der Waals surface area contributed by atoms with Gasteiger partial charge < -0.3 is 15.0 Å². The van der Waals surface area contributed by atoms with E-state index in [1.54, 1.807) is 17.4 Å². The average molecular weight is 610 g/mol. The molecule has 1 aliphatic carbocycles. The molecule has 2 aliphatic rings. The largest absolute Gasteiger partial charge is 0.423 e. The van der Waals surface area contributed by atoms with Crippen LogP contribution in [0.25, 0.3) is 10.2 Å². The van der Waals surface area contributed by atoms with Crippen molar-refractivity contribution in [2.45, 2.75) is 63.5 Å². The Kier molecular flexibility index (Phi) is 8.94. The van der Waals surface area contributed by atoms with Crippen LogP contribution in [0.1, 0.15) is 43.2 Å². The minimum atomic E-state index is -4.83. The molecule has 2 aromatic carbocycles. The summed E-state index contributed by atoms with van der Waals surface area (Å²) in [6, 6.07) is 7.42. The molecule has 0 radical (unpaired) electrons. The first-order valence-corrected chi connectivity index (χ1v) is 14.6. The molecule has 1 amide bonds. The molecule has 1 aromatic heterocycles. The molecule has 5 rings (SSSR count). The Balaban J connectivity index is 1.05. The summed E-state index contributed by atoms with van der Waals surface area (Å²) in [6.07, 6.45) is -2.43. The van der Waals surface area contributed by atoms with E-state index in [1.165, 1.54) is 18.2 Å². The minimum absolute atomic E-state index is 0.00936. The number of nitro benzene ring substituents is 1. The van der Waals surface area contributed by atoms with Crippen LogP contribution in [0.3, 0.4) is 0 Å². The number of hydrogen-bond donors (Lipinski definition) is 1. The van der Waals surface area contributed by atoms with Gasteiger partial charge in [-0.1, -0.05) is 0 Å². The van der Waals surface area contributed by atoms with E-state index in [2.05, 4.69) is 15.2 Å².